The van der Waals surface area contributed by atoms with Crippen LogP contribution in [0.1, 0.15) is 12.8 Å². The average molecular weight is 439 g/mol. The first-order valence-electron chi connectivity index (χ1n) is 9.48. The van der Waals surface area contributed by atoms with E-state index in [0.717, 1.165) is 41.1 Å². The highest BCUT2D eigenvalue weighted by Gasteiger charge is 2.28. The number of rotatable bonds is 7. The molecular formula is C19H20F3N5O2S. The molecule has 7 nitrogen and oxygen atoms in total. The summed E-state index contributed by atoms with van der Waals surface area (Å²) < 4.78 is 44.5. The van der Waals surface area contributed by atoms with E-state index in [-0.39, 0.29) is 11.9 Å². The van der Waals surface area contributed by atoms with Gasteiger partial charge in [-0.25, -0.2) is 0 Å². The van der Waals surface area contributed by atoms with E-state index in [1.165, 1.54) is 0 Å². The van der Waals surface area contributed by atoms with Crippen LogP contribution in [-0.4, -0.2) is 56.8 Å². The second-order valence-electron chi connectivity index (χ2n) is 6.98. The lowest BCUT2D eigenvalue weighted by Gasteiger charge is -2.14. The molecule has 1 fully saturated rings. The molecule has 1 amide bonds. The van der Waals surface area contributed by atoms with E-state index in [1.54, 1.807) is 0 Å². The van der Waals surface area contributed by atoms with E-state index < -0.39 is 18.6 Å². The first kappa shape index (κ1) is 20.7. The number of carbonyl (C=O) groups is 1. The zero-order chi connectivity index (χ0) is 21.1. The number of hydrogen-bond acceptors (Lipinski definition) is 5. The Balaban J connectivity index is 1.57. The smallest absolute Gasteiger partial charge is 0.376 e. The van der Waals surface area contributed by atoms with E-state index in [4.69, 9.17) is 4.74 Å². The number of nitrogens with zero attached hydrogens (tertiary/aromatic N) is 3. The summed E-state index contributed by atoms with van der Waals surface area (Å²) in [6.45, 7) is -0.151. The van der Waals surface area contributed by atoms with E-state index in [9.17, 15) is 18.0 Å². The van der Waals surface area contributed by atoms with Crippen LogP contribution in [0.4, 0.5) is 13.2 Å². The Bertz CT molecular complexity index is 1030. The van der Waals surface area contributed by atoms with E-state index in [1.807, 2.05) is 40.3 Å². The fourth-order valence-electron chi connectivity index (χ4n) is 3.39. The molecular weight excluding hydrogens is 419 g/mol. The maximum atomic E-state index is 12.3. The predicted octanol–water partition coefficient (Wildman–Crippen LogP) is 3.38. The molecule has 0 radical (unpaired) electrons. The van der Waals surface area contributed by atoms with Crippen LogP contribution >= 0.6 is 11.8 Å². The van der Waals surface area contributed by atoms with Crippen molar-refractivity contribution in [1.29, 1.82) is 0 Å². The maximum Gasteiger partial charge on any atom is 0.405 e. The summed E-state index contributed by atoms with van der Waals surface area (Å²) in [7, 11) is 0. The Hall–Kier alpha value is -2.53. The fraction of sp³-hybridized carbons (Fsp3) is 0.421. The summed E-state index contributed by atoms with van der Waals surface area (Å²) in [5.41, 5.74) is 1.82. The summed E-state index contributed by atoms with van der Waals surface area (Å²) in [6, 6.07) is 7.80. The first-order chi connectivity index (χ1) is 14.4. The highest BCUT2D eigenvalue weighted by atomic mass is 32.2. The van der Waals surface area contributed by atoms with Crippen LogP contribution in [0.25, 0.3) is 22.3 Å². The van der Waals surface area contributed by atoms with Crippen molar-refractivity contribution in [3.63, 3.8) is 0 Å². The van der Waals surface area contributed by atoms with Crippen LogP contribution in [0.2, 0.25) is 0 Å². The lowest BCUT2D eigenvalue weighted by atomic mass is 10.1. The number of thioether (sulfide) groups is 1. The molecule has 2 aromatic heterocycles. The lowest BCUT2D eigenvalue weighted by molar-refractivity contribution is -0.136. The number of aromatic nitrogens is 4. The highest BCUT2D eigenvalue weighted by Crippen LogP contribution is 2.31. The van der Waals surface area contributed by atoms with Crippen LogP contribution < -0.4 is 5.32 Å². The van der Waals surface area contributed by atoms with Gasteiger partial charge in [-0.15, -0.1) is 10.2 Å². The lowest BCUT2D eigenvalue weighted by Crippen LogP contribution is -2.34. The van der Waals surface area contributed by atoms with Crippen molar-refractivity contribution in [1.82, 2.24) is 25.1 Å². The number of para-hydroxylation sites is 1. The second kappa shape index (κ2) is 8.68. The highest BCUT2D eigenvalue weighted by molar-refractivity contribution is 7.99. The minimum Gasteiger partial charge on any atom is -0.376 e. The van der Waals surface area contributed by atoms with Crippen molar-refractivity contribution in [2.24, 2.45) is 0 Å². The topological polar surface area (TPSA) is 84.8 Å². The van der Waals surface area contributed by atoms with E-state index in [2.05, 4.69) is 15.2 Å². The van der Waals surface area contributed by atoms with E-state index >= 15 is 0 Å². The van der Waals surface area contributed by atoms with Gasteiger partial charge < -0.3 is 15.0 Å². The molecule has 30 heavy (non-hydrogen) atoms. The summed E-state index contributed by atoms with van der Waals surface area (Å²) in [6.07, 6.45) is -0.712. The second-order valence-corrected chi connectivity index (χ2v) is 7.92. The number of halogens is 3. The maximum absolute atomic E-state index is 12.3. The van der Waals surface area contributed by atoms with Crippen LogP contribution in [-0.2, 0) is 16.1 Å². The molecule has 3 aromatic rings. The Labute approximate surface area is 174 Å². The summed E-state index contributed by atoms with van der Waals surface area (Å²) in [5.74, 6) is -0.271. The number of alkyl halides is 3. The number of hydrogen-bond donors (Lipinski definition) is 2. The largest absolute Gasteiger partial charge is 0.405 e. The van der Waals surface area contributed by atoms with Gasteiger partial charge in [0.15, 0.2) is 11.0 Å². The van der Waals surface area contributed by atoms with Crippen molar-refractivity contribution in [3.8, 4) is 11.4 Å². The van der Waals surface area contributed by atoms with Gasteiger partial charge in [0.05, 0.1) is 18.4 Å². The van der Waals surface area contributed by atoms with Gasteiger partial charge in [0, 0.05) is 29.3 Å². The van der Waals surface area contributed by atoms with Gasteiger partial charge in [0.25, 0.3) is 0 Å². The Kier molecular flexibility index (Phi) is 6.00. The predicted molar refractivity (Wildman–Crippen MR) is 106 cm³/mol. The number of aromatic amines is 1. The third-order valence-electron chi connectivity index (χ3n) is 4.78. The number of amides is 1. The zero-order valence-corrected chi connectivity index (χ0v) is 16.7. The normalized spacial score (nSPS) is 17.0. The fourth-order valence-corrected chi connectivity index (χ4v) is 4.17. The van der Waals surface area contributed by atoms with Crippen LogP contribution in [0, 0.1) is 0 Å². The van der Waals surface area contributed by atoms with Gasteiger partial charge >= 0.3 is 6.18 Å². The summed E-state index contributed by atoms with van der Waals surface area (Å²) in [5, 5.41) is 11.8. The number of nitrogens with one attached hydrogen (secondary N) is 2. The van der Waals surface area contributed by atoms with E-state index in [0.29, 0.717) is 24.1 Å². The van der Waals surface area contributed by atoms with Gasteiger partial charge in [0.2, 0.25) is 5.91 Å². The zero-order valence-electron chi connectivity index (χ0n) is 15.9. The Morgan fingerprint density at radius 1 is 1.33 bits per heavy atom. The van der Waals surface area contributed by atoms with Gasteiger partial charge in [0.1, 0.15) is 6.54 Å². The molecule has 0 bridgehead atoms. The van der Waals surface area contributed by atoms with Gasteiger partial charge in [-0.2, -0.15) is 13.2 Å². The molecule has 2 N–H and O–H groups in total. The van der Waals surface area contributed by atoms with Gasteiger partial charge in [-0.1, -0.05) is 30.0 Å². The first-order valence-corrected chi connectivity index (χ1v) is 10.5. The minimum atomic E-state index is -4.44. The number of benzene rings is 1. The molecule has 4 rings (SSSR count). The molecule has 11 heteroatoms. The van der Waals surface area contributed by atoms with Crippen molar-refractivity contribution in [3.05, 3.63) is 30.5 Å². The van der Waals surface area contributed by atoms with Crippen LogP contribution in [0.3, 0.4) is 0 Å². The molecule has 0 aliphatic carbocycles. The van der Waals surface area contributed by atoms with Crippen molar-refractivity contribution in [2.75, 3.05) is 18.9 Å². The molecule has 1 saturated heterocycles. The summed E-state index contributed by atoms with van der Waals surface area (Å²) in [4.78, 5) is 15.0. The van der Waals surface area contributed by atoms with Gasteiger partial charge in [-0.3, -0.25) is 9.36 Å². The quantitative estimate of drug-likeness (QED) is 0.552. The third kappa shape index (κ3) is 4.78. The molecule has 1 aliphatic heterocycles. The Morgan fingerprint density at radius 3 is 2.93 bits per heavy atom. The van der Waals surface area contributed by atoms with Crippen molar-refractivity contribution >= 4 is 28.6 Å². The molecule has 1 unspecified atom stereocenters. The van der Waals surface area contributed by atoms with Crippen molar-refractivity contribution < 1.29 is 22.7 Å². The molecule has 0 spiro atoms. The molecule has 1 aromatic carbocycles. The summed E-state index contributed by atoms with van der Waals surface area (Å²) >= 11 is 1.06. The van der Waals surface area contributed by atoms with Crippen molar-refractivity contribution in [2.45, 2.75) is 36.8 Å². The molecule has 0 saturated carbocycles. The minimum absolute atomic E-state index is 0.00311. The average Bonchev–Trinajstić information content (AvgIpc) is 3.44. The molecule has 1 aliphatic rings. The molecule has 160 valence electrons. The SMILES string of the molecule is O=C(CSc1nnc(-c2c[nH]c3ccccc23)n1CC1CCCO1)NCC(F)(F)F. The number of ether oxygens (including phenoxy) is 1. The number of carbonyl (C=O) groups excluding carboxylic acids is 1. The number of fused-ring (bicyclic) bond motifs is 1. The monoisotopic (exact) mass is 439 g/mol. The molecule has 1 atom stereocenters. The third-order valence-corrected chi connectivity index (χ3v) is 5.74. The standard InChI is InChI=1S/C19H20F3N5O2S/c20-19(21,22)11-24-16(28)10-30-18-26-25-17(27(18)9-12-4-3-7-29-12)14-8-23-15-6-2-1-5-13(14)15/h1-2,5-6,8,12,23H,3-4,7,9-11H2,(H,24,28). The molecule has 3 heterocycles. The van der Waals surface area contributed by atoms with Crippen LogP contribution in [0.5, 0.6) is 0 Å². The Morgan fingerprint density at radius 2 is 2.17 bits per heavy atom. The van der Waals surface area contributed by atoms with Gasteiger partial charge in [-0.05, 0) is 18.9 Å². The van der Waals surface area contributed by atoms with Crippen LogP contribution in [0.15, 0.2) is 35.6 Å². The number of H-pyrrole nitrogens is 1.